The molecule has 0 unspecified atom stereocenters. The van der Waals surface area contributed by atoms with Crippen molar-refractivity contribution in [3.63, 3.8) is 0 Å². The van der Waals surface area contributed by atoms with E-state index in [0.29, 0.717) is 28.0 Å². The van der Waals surface area contributed by atoms with Gasteiger partial charge < -0.3 is 14.1 Å². The molecule has 0 atom stereocenters. The molecule has 0 saturated carbocycles. The summed E-state index contributed by atoms with van der Waals surface area (Å²) in [5.41, 5.74) is 1.19. The molecule has 4 nitrogen and oxygen atoms in total. The van der Waals surface area contributed by atoms with Crippen molar-refractivity contribution in [2.24, 2.45) is 0 Å². The predicted octanol–water partition coefficient (Wildman–Crippen LogP) is 3.81. The summed E-state index contributed by atoms with van der Waals surface area (Å²) in [6, 6.07) is 5.26. The second-order valence-corrected chi connectivity index (χ2v) is 7.16. The molecule has 1 fully saturated rings. The Morgan fingerprint density at radius 3 is 2.87 bits per heavy atom. The standard InChI is InChI=1S/C17H19NO3S2/c1-20-13-5-6-15-14(9-13)16(19)12(10-21-15)11-23-17(22)18-7-3-2-4-8-18/h5-6,9-10H,2-4,7-8,11H2,1H3. The number of hydrogen-bond donors (Lipinski definition) is 0. The number of piperidine rings is 1. The van der Waals surface area contributed by atoms with Gasteiger partial charge in [-0.2, -0.15) is 0 Å². The van der Waals surface area contributed by atoms with Gasteiger partial charge in [-0.1, -0.05) is 24.0 Å². The molecule has 3 rings (SSSR count). The Labute approximate surface area is 144 Å². The summed E-state index contributed by atoms with van der Waals surface area (Å²) in [5.74, 6) is 1.18. The second-order valence-electron chi connectivity index (χ2n) is 5.55. The second kappa shape index (κ2) is 7.36. The van der Waals surface area contributed by atoms with Crippen molar-refractivity contribution in [1.82, 2.24) is 4.90 Å². The van der Waals surface area contributed by atoms with E-state index in [1.54, 1.807) is 31.6 Å². The van der Waals surface area contributed by atoms with Gasteiger partial charge in [-0.15, -0.1) is 0 Å². The van der Waals surface area contributed by atoms with Crippen LogP contribution in [0.4, 0.5) is 0 Å². The van der Waals surface area contributed by atoms with Crippen LogP contribution in [0, 0.1) is 0 Å². The van der Waals surface area contributed by atoms with Crippen molar-refractivity contribution in [2.75, 3.05) is 20.2 Å². The van der Waals surface area contributed by atoms with Crippen molar-refractivity contribution in [1.29, 1.82) is 0 Å². The van der Waals surface area contributed by atoms with Crippen molar-refractivity contribution >= 4 is 39.3 Å². The van der Waals surface area contributed by atoms with Crippen LogP contribution in [0.1, 0.15) is 24.8 Å². The molecule has 1 aliphatic heterocycles. The molecule has 2 heterocycles. The van der Waals surface area contributed by atoms with Crippen LogP contribution in [0.15, 0.2) is 33.7 Å². The van der Waals surface area contributed by atoms with Crippen LogP contribution < -0.4 is 10.2 Å². The van der Waals surface area contributed by atoms with E-state index in [4.69, 9.17) is 21.4 Å². The third-order valence-corrected chi connectivity index (χ3v) is 5.59. The summed E-state index contributed by atoms with van der Waals surface area (Å²) < 4.78 is 11.6. The summed E-state index contributed by atoms with van der Waals surface area (Å²) in [6.45, 7) is 2.05. The van der Waals surface area contributed by atoms with E-state index in [1.165, 1.54) is 31.0 Å². The number of thioether (sulfide) groups is 1. The summed E-state index contributed by atoms with van der Waals surface area (Å²) in [4.78, 5) is 14.8. The molecule has 0 radical (unpaired) electrons. The minimum atomic E-state index is -0.0147. The zero-order valence-corrected chi connectivity index (χ0v) is 14.7. The Hall–Kier alpha value is -1.53. The van der Waals surface area contributed by atoms with Crippen LogP contribution in [0.25, 0.3) is 11.0 Å². The van der Waals surface area contributed by atoms with E-state index < -0.39 is 0 Å². The number of rotatable bonds is 3. The first-order valence-electron chi connectivity index (χ1n) is 7.69. The first kappa shape index (κ1) is 16.3. The van der Waals surface area contributed by atoms with Gasteiger partial charge in [-0.05, 0) is 37.5 Å². The molecule has 23 heavy (non-hydrogen) atoms. The highest BCUT2D eigenvalue weighted by Gasteiger charge is 2.15. The summed E-state index contributed by atoms with van der Waals surface area (Å²) in [6.07, 6.45) is 5.21. The van der Waals surface area contributed by atoms with Crippen LogP contribution in [-0.2, 0) is 5.75 Å². The summed E-state index contributed by atoms with van der Waals surface area (Å²) in [5, 5.41) is 0.548. The molecule has 1 aromatic carbocycles. The van der Waals surface area contributed by atoms with Gasteiger partial charge in [-0.3, -0.25) is 4.79 Å². The lowest BCUT2D eigenvalue weighted by Crippen LogP contribution is -2.32. The van der Waals surface area contributed by atoms with Gasteiger partial charge in [0.05, 0.1) is 18.8 Å². The maximum absolute atomic E-state index is 12.6. The molecule has 1 saturated heterocycles. The molecule has 0 amide bonds. The molecule has 0 bridgehead atoms. The number of likely N-dealkylation sites (tertiary alicyclic amines) is 1. The van der Waals surface area contributed by atoms with E-state index in [9.17, 15) is 4.79 Å². The number of benzene rings is 1. The van der Waals surface area contributed by atoms with Gasteiger partial charge in [0.25, 0.3) is 0 Å². The molecule has 2 aromatic rings. The normalized spacial score (nSPS) is 14.9. The molecule has 6 heteroatoms. The van der Waals surface area contributed by atoms with E-state index in [2.05, 4.69) is 4.90 Å². The highest BCUT2D eigenvalue weighted by atomic mass is 32.2. The SMILES string of the molecule is COc1ccc2occ(CSC(=S)N3CCCCC3)c(=O)c2c1. The van der Waals surface area contributed by atoms with Crippen molar-refractivity contribution < 1.29 is 9.15 Å². The zero-order valence-electron chi connectivity index (χ0n) is 13.0. The van der Waals surface area contributed by atoms with Gasteiger partial charge in [-0.25, -0.2) is 0 Å². The Kier molecular flexibility index (Phi) is 5.23. The lowest BCUT2D eigenvalue weighted by atomic mass is 10.1. The molecule has 0 N–H and O–H groups in total. The fourth-order valence-electron chi connectivity index (χ4n) is 2.68. The topological polar surface area (TPSA) is 42.7 Å². The molecule has 1 aromatic heterocycles. The highest BCUT2D eigenvalue weighted by Crippen LogP contribution is 2.22. The Balaban J connectivity index is 1.76. The molecular formula is C17H19NO3S2. The van der Waals surface area contributed by atoms with Crippen LogP contribution in [-0.4, -0.2) is 29.4 Å². The average Bonchev–Trinajstić information content (AvgIpc) is 2.61. The maximum atomic E-state index is 12.6. The van der Waals surface area contributed by atoms with Crippen molar-refractivity contribution in [3.05, 3.63) is 40.2 Å². The van der Waals surface area contributed by atoms with E-state index in [-0.39, 0.29) is 5.43 Å². The van der Waals surface area contributed by atoms with Crippen molar-refractivity contribution in [2.45, 2.75) is 25.0 Å². The van der Waals surface area contributed by atoms with Gasteiger partial charge in [0.2, 0.25) is 0 Å². The number of methoxy groups -OCH3 is 1. The maximum Gasteiger partial charge on any atom is 0.196 e. The number of thiocarbonyl (C=S) groups is 1. The minimum absolute atomic E-state index is 0.0147. The van der Waals surface area contributed by atoms with Gasteiger partial charge in [0.1, 0.15) is 15.7 Å². The Bertz CT molecular complexity index is 766. The molecular weight excluding hydrogens is 330 g/mol. The first-order valence-corrected chi connectivity index (χ1v) is 9.08. The number of fused-ring (bicyclic) bond motifs is 1. The number of ether oxygens (including phenoxy) is 1. The van der Waals surface area contributed by atoms with Gasteiger partial charge >= 0.3 is 0 Å². The zero-order chi connectivity index (χ0) is 16.2. The molecule has 0 spiro atoms. The van der Waals surface area contributed by atoms with Crippen LogP contribution in [0.2, 0.25) is 0 Å². The van der Waals surface area contributed by atoms with Crippen LogP contribution in [0.5, 0.6) is 5.75 Å². The molecule has 1 aliphatic rings. The van der Waals surface area contributed by atoms with Gasteiger partial charge in [0, 0.05) is 24.4 Å². The van der Waals surface area contributed by atoms with E-state index in [1.807, 2.05) is 0 Å². The third-order valence-electron chi connectivity index (χ3n) is 4.02. The first-order chi connectivity index (χ1) is 11.2. The molecule has 0 aliphatic carbocycles. The predicted molar refractivity (Wildman–Crippen MR) is 98.4 cm³/mol. The molecule has 122 valence electrons. The average molecular weight is 349 g/mol. The lowest BCUT2D eigenvalue weighted by molar-refractivity contribution is 0.352. The Morgan fingerprint density at radius 2 is 2.13 bits per heavy atom. The smallest absolute Gasteiger partial charge is 0.196 e. The van der Waals surface area contributed by atoms with Crippen molar-refractivity contribution in [3.8, 4) is 5.75 Å². The number of nitrogens with zero attached hydrogens (tertiary/aromatic N) is 1. The summed E-state index contributed by atoms with van der Waals surface area (Å²) >= 11 is 7.02. The lowest BCUT2D eigenvalue weighted by Gasteiger charge is -2.28. The monoisotopic (exact) mass is 349 g/mol. The van der Waals surface area contributed by atoms with Crippen LogP contribution in [0.3, 0.4) is 0 Å². The van der Waals surface area contributed by atoms with E-state index >= 15 is 0 Å². The highest BCUT2D eigenvalue weighted by molar-refractivity contribution is 8.22. The van der Waals surface area contributed by atoms with E-state index in [0.717, 1.165) is 17.4 Å². The summed E-state index contributed by atoms with van der Waals surface area (Å²) in [7, 11) is 1.58. The minimum Gasteiger partial charge on any atom is -0.497 e. The quantitative estimate of drug-likeness (QED) is 0.785. The largest absolute Gasteiger partial charge is 0.497 e. The third kappa shape index (κ3) is 3.70. The van der Waals surface area contributed by atoms with Crippen LogP contribution >= 0.6 is 24.0 Å². The number of hydrogen-bond acceptors (Lipinski definition) is 5. The van der Waals surface area contributed by atoms with Gasteiger partial charge in [0.15, 0.2) is 5.43 Å². The fourth-order valence-corrected chi connectivity index (χ4v) is 3.89. The fraction of sp³-hybridized carbons (Fsp3) is 0.412. The Morgan fingerprint density at radius 1 is 1.35 bits per heavy atom.